The van der Waals surface area contributed by atoms with Crippen molar-refractivity contribution in [3.05, 3.63) is 29.8 Å². The zero-order chi connectivity index (χ0) is 12.8. The van der Waals surface area contributed by atoms with E-state index in [-0.39, 0.29) is 25.4 Å². The number of aliphatic carboxylic acids is 1. The van der Waals surface area contributed by atoms with Gasteiger partial charge in [0.1, 0.15) is 11.8 Å². The Morgan fingerprint density at radius 3 is 2.56 bits per heavy atom. The number of aliphatic hydroxyl groups excluding tert-OH is 1. The summed E-state index contributed by atoms with van der Waals surface area (Å²) in [6, 6.07) is 6.04. The van der Waals surface area contributed by atoms with Crippen LogP contribution < -0.4 is 10.5 Å². The molecule has 0 saturated heterocycles. The first kappa shape index (κ1) is 16.7. The predicted octanol–water partition coefficient (Wildman–Crippen LogP) is 0.995. The molecule has 1 aromatic rings. The summed E-state index contributed by atoms with van der Waals surface area (Å²) in [6.07, 6.45) is 0.286. The summed E-state index contributed by atoms with van der Waals surface area (Å²) in [5.41, 5.74) is 6.34. The van der Waals surface area contributed by atoms with Gasteiger partial charge in [-0.15, -0.1) is 12.4 Å². The molecule has 6 heteroatoms. The molecule has 18 heavy (non-hydrogen) atoms. The Morgan fingerprint density at radius 2 is 2.06 bits per heavy atom. The van der Waals surface area contributed by atoms with Gasteiger partial charge in [0.25, 0.3) is 0 Å². The second kappa shape index (κ2) is 7.92. The van der Waals surface area contributed by atoms with Crippen LogP contribution in [0.4, 0.5) is 0 Å². The molecule has 0 aliphatic carbocycles. The predicted molar refractivity (Wildman–Crippen MR) is 70.3 cm³/mol. The van der Waals surface area contributed by atoms with Crippen LogP contribution in [0.5, 0.6) is 5.75 Å². The number of hydrogen-bond acceptors (Lipinski definition) is 4. The van der Waals surface area contributed by atoms with E-state index in [2.05, 4.69) is 0 Å². The number of hydrogen-bond donors (Lipinski definition) is 3. The van der Waals surface area contributed by atoms with E-state index in [1.54, 1.807) is 24.3 Å². The normalized spacial score (nSPS) is 13.3. The van der Waals surface area contributed by atoms with Crippen molar-refractivity contribution in [3.8, 4) is 5.75 Å². The highest BCUT2D eigenvalue weighted by Crippen LogP contribution is 2.30. The minimum absolute atomic E-state index is 0. The Hall–Kier alpha value is -1.30. The Morgan fingerprint density at radius 1 is 1.44 bits per heavy atom. The van der Waals surface area contributed by atoms with Crippen molar-refractivity contribution in [2.24, 2.45) is 5.73 Å². The number of para-hydroxylation sites is 1. The fraction of sp³-hybridized carbons (Fsp3) is 0.417. The molecule has 1 aromatic carbocycles. The van der Waals surface area contributed by atoms with Gasteiger partial charge in [0, 0.05) is 12.5 Å². The monoisotopic (exact) mass is 275 g/mol. The van der Waals surface area contributed by atoms with Crippen LogP contribution in [0.15, 0.2) is 24.3 Å². The highest BCUT2D eigenvalue weighted by atomic mass is 35.5. The molecule has 5 nitrogen and oxygen atoms in total. The second-order valence-corrected chi connectivity index (χ2v) is 3.72. The third-order valence-corrected chi connectivity index (χ3v) is 2.70. The number of halogens is 1. The van der Waals surface area contributed by atoms with E-state index in [4.69, 9.17) is 20.7 Å². The van der Waals surface area contributed by atoms with Gasteiger partial charge in [-0.1, -0.05) is 18.2 Å². The summed E-state index contributed by atoms with van der Waals surface area (Å²) >= 11 is 0. The molecule has 0 fully saturated rings. The molecule has 1 rings (SSSR count). The van der Waals surface area contributed by atoms with Crippen LogP contribution in [0.3, 0.4) is 0 Å². The first-order valence-electron chi connectivity index (χ1n) is 5.34. The Kier molecular flexibility index (Phi) is 7.35. The quantitative estimate of drug-likeness (QED) is 0.720. The van der Waals surface area contributed by atoms with Gasteiger partial charge in [-0.2, -0.15) is 0 Å². The Balaban J connectivity index is 0.00000289. The van der Waals surface area contributed by atoms with Gasteiger partial charge in [0.15, 0.2) is 0 Å². The molecule has 0 heterocycles. The largest absolute Gasteiger partial charge is 0.496 e. The highest BCUT2D eigenvalue weighted by molar-refractivity contribution is 5.85. The molecule has 2 atom stereocenters. The molecule has 0 unspecified atom stereocenters. The minimum Gasteiger partial charge on any atom is -0.496 e. The van der Waals surface area contributed by atoms with Crippen LogP contribution in [0, 0.1) is 0 Å². The number of carboxylic acid groups (broad SMARTS) is 1. The molecule has 0 saturated carbocycles. The SMILES string of the molecule is COc1ccccc1[C@H](CCO)[C@@H](N)C(=O)O.Cl. The van der Waals surface area contributed by atoms with Gasteiger partial charge in [0.2, 0.25) is 0 Å². The lowest BCUT2D eigenvalue weighted by atomic mass is 9.88. The van der Waals surface area contributed by atoms with Crippen molar-refractivity contribution in [2.75, 3.05) is 13.7 Å². The lowest BCUT2D eigenvalue weighted by Crippen LogP contribution is -2.37. The van der Waals surface area contributed by atoms with Crippen molar-refractivity contribution in [2.45, 2.75) is 18.4 Å². The zero-order valence-corrected chi connectivity index (χ0v) is 10.9. The highest BCUT2D eigenvalue weighted by Gasteiger charge is 2.27. The van der Waals surface area contributed by atoms with E-state index in [0.29, 0.717) is 11.3 Å². The molecule has 102 valence electrons. The lowest BCUT2D eigenvalue weighted by molar-refractivity contribution is -0.139. The van der Waals surface area contributed by atoms with Gasteiger partial charge < -0.3 is 20.7 Å². The summed E-state index contributed by atoms with van der Waals surface area (Å²) in [4.78, 5) is 10.9. The topological polar surface area (TPSA) is 92.8 Å². The maximum Gasteiger partial charge on any atom is 0.321 e. The number of methoxy groups -OCH3 is 1. The molecule has 0 spiro atoms. The summed E-state index contributed by atoms with van der Waals surface area (Å²) in [7, 11) is 1.52. The number of aliphatic hydroxyl groups is 1. The number of benzene rings is 1. The first-order chi connectivity index (χ1) is 8.11. The van der Waals surface area contributed by atoms with Gasteiger partial charge >= 0.3 is 5.97 Å². The molecule has 0 aliphatic rings. The maximum atomic E-state index is 10.9. The van der Waals surface area contributed by atoms with Crippen molar-refractivity contribution >= 4 is 18.4 Å². The van der Waals surface area contributed by atoms with E-state index in [1.807, 2.05) is 0 Å². The molecular weight excluding hydrogens is 258 g/mol. The van der Waals surface area contributed by atoms with Gasteiger partial charge in [-0.05, 0) is 18.1 Å². The summed E-state index contributed by atoms with van der Waals surface area (Å²) in [6.45, 7) is -0.121. The molecule has 4 N–H and O–H groups in total. The van der Waals surface area contributed by atoms with E-state index in [0.717, 1.165) is 0 Å². The Bertz CT molecular complexity index is 386. The lowest BCUT2D eigenvalue weighted by Gasteiger charge is -2.22. The fourth-order valence-electron chi connectivity index (χ4n) is 1.81. The van der Waals surface area contributed by atoms with Crippen LogP contribution in [0.25, 0.3) is 0 Å². The van der Waals surface area contributed by atoms with Crippen LogP contribution in [0.2, 0.25) is 0 Å². The third-order valence-electron chi connectivity index (χ3n) is 2.70. The average Bonchev–Trinajstić information content (AvgIpc) is 2.35. The van der Waals surface area contributed by atoms with Crippen molar-refractivity contribution in [1.82, 2.24) is 0 Å². The smallest absolute Gasteiger partial charge is 0.321 e. The van der Waals surface area contributed by atoms with Crippen LogP contribution in [0.1, 0.15) is 17.9 Å². The number of carbonyl (C=O) groups is 1. The third kappa shape index (κ3) is 3.87. The van der Waals surface area contributed by atoms with Gasteiger partial charge in [0.05, 0.1) is 7.11 Å². The Labute approximate surface area is 112 Å². The molecule has 0 amide bonds. The summed E-state index contributed by atoms with van der Waals surface area (Å²) < 4.78 is 5.17. The van der Waals surface area contributed by atoms with Gasteiger partial charge in [-0.25, -0.2) is 0 Å². The van der Waals surface area contributed by atoms with Crippen LogP contribution in [-0.4, -0.2) is 35.9 Å². The number of ether oxygens (including phenoxy) is 1. The number of carboxylic acids is 1. The average molecular weight is 276 g/mol. The standard InChI is InChI=1S/C12H17NO4.ClH/c1-17-10-5-3-2-4-8(10)9(6-7-14)11(13)12(15)16;/h2-5,9,11,14H,6-7,13H2,1H3,(H,15,16);1H/t9-,11+;/m0./s1. The van der Waals surface area contributed by atoms with Crippen LogP contribution >= 0.6 is 12.4 Å². The van der Waals surface area contributed by atoms with Crippen molar-refractivity contribution in [3.63, 3.8) is 0 Å². The summed E-state index contributed by atoms with van der Waals surface area (Å²) in [5, 5.41) is 18.0. The van der Waals surface area contributed by atoms with Gasteiger partial charge in [-0.3, -0.25) is 4.79 Å². The summed E-state index contributed by atoms with van der Waals surface area (Å²) in [5.74, 6) is -0.967. The van der Waals surface area contributed by atoms with Crippen LogP contribution in [-0.2, 0) is 4.79 Å². The number of rotatable bonds is 6. The van der Waals surface area contributed by atoms with E-state index in [1.165, 1.54) is 7.11 Å². The molecule has 0 bridgehead atoms. The first-order valence-corrected chi connectivity index (χ1v) is 5.34. The minimum atomic E-state index is -1.09. The van der Waals surface area contributed by atoms with Crippen molar-refractivity contribution < 1.29 is 19.7 Å². The molecule has 0 aromatic heterocycles. The molecule has 0 radical (unpaired) electrons. The number of nitrogens with two attached hydrogens (primary N) is 1. The van der Waals surface area contributed by atoms with E-state index in [9.17, 15) is 4.79 Å². The molecule has 0 aliphatic heterocycles. The zero-order valence-electron chi connectivity index (χ0n) is 10.1. The van der Waals surface area contributed by atoms with E-state index < -0.39 is 17.9 Å². The maximum absolute atomic E-state index is 10.9. The second-order valence-electron chi connectivity index (χ2n) is 3.72. The van der Waals surface area contributed by atoms with E-state index >= 15 is 0 Å². The molecular formula is C12H18ClNO4. The van der Waals surface area contributed by atoms with Crippen molar-refractivity contribution in [1.29, 1.82) is 0 Å². The fourth-order valence-corrected chi connectivity index (χ4v) is 1.81.